The SMILES string of the molecule is Cc1cc2c(nc1[C@@]1(Oc3cccc(C#N)c3)CCNC[C@H]1F)CNC2=O. The molecule has 27 heavy (non-hydrogen) atoms. The van der Waals surface area contributed by atoms with Gasteiger partial charge in [0.15, 0.2) is 11.8 Å². The highest BCUT2D eigenvalue weighted by molar-refractivity contribution is 5.97. The first-order chi connectivity index (χ1) is 13.0. The third-order valence-electron chi connectivity index (χ3n) is 5.12. The zero-order valence-corrected chi connectivity index (χ0v) is 14.9. The number of pyridine rings is 1. The molecule has 1 amide bonds. The number of fused-ring (bicyclic) bond motifs is 1. The maximum atomic E-state index is 15.3. The molecule has 4 rings (SSSR count). The van der Waals surface area contributed by atoms with Crippen LogP contribution in [0.5, 0.6) is 5.75 Å². The molecule has 0 unspecified atom stereocenters. The zero-order chi connectivity index (χ0) is 19.0. The highest BCUT2D eigenvalue weighted by Gasteiger charge is 2.48. The highest BCUT2D eigenvalue weighted by Crippen LogP contribution is 2.39. The van der Waals surface area contributed by atoms with Crippen molar-refractivity contribution >= 4 is 5.91 Å². The zero-order valence-electron chi connectivity index (χ0n) is 14.9. The third kappa shape index (κ3) is 2.92. The molecule has 2 aliphatic heterocycles. The molecule has 0 saturated carbocycles. The largest absolute Gasteiger partial charge is 0.478 e. The van der Waals surface area contributed by atoms with Gasteiger partial charge in [0, 0.05) is 13.0 Å². The highest BCUT2D eigenvalue weighted by atomic mass is 19.1. The monoisotopic (exact) mass is 366 g/mol. The molecule has 2 N–H and O–H groups in total. The normalized spacial score (nSPS) is 24.0. The summed E-state index contributed by atoms with van der Waals surface area (Å²) in [6, 6.07) is 10.5. The second kappa shape index (κ2) is 6.63. The summed E-state index contributed by atoms with van der Waals surface area (Å²) < 4.78 is 21.5. The number of nitrogens with zero attached hydrogens (tertiary/aromatic N) is 2. The van der Waals surface area contributed by atoms with E-state index in [0.29, 0.717) is 53.3 Å². The summed E-state index contributed by atoms with van der Waals surface area (Å²) in [6.07, 6.45) is -0.940. The number of halogens is 1. The van der Waals surface area contributed by atoms with Crippen LogP contribution in [0.15, 0.2) is 30.3 Å². The molecule has 2 atom stereocenters. The molecule has 0 spiro atoms. The number of aryl methyl sites for hydroxylation is 1. The minimum atomic E-state index is -1.33. The van der Waals surface area contributed by atoms with Crippen LogP contribution < -0.4 is 15.4 Å². The van der Waals surface area contributed by atoms with Crippen LogP contribution in [0.1, 0.15) is 39.3 Å². The lowest BCUT2D eigenvalue weighted by Crippen LogP contribution is -2.54. The second-order valence-corrected chi connectivity index (χ2v) is 6.88. The molecule has 0 bridgehead atoms. The van der Waals surface area contributed by atoms with Gasteiger partial charge in [-0.1, -0.05) is 6.07 Å². The van der Waals surface area contributed by atoms with Gasteiger partial charge < -0.3 is 15.4 Å². The number of carbonyl (C=O) groups excluding carboxylic acids is 1. The number of piperidine rings is 1. The van der Waals surface area contributed by atoms with Crippen molar-refractivity contribution in [2.45, 2.75) is 31.7 Å². The maximum absolute atomic E-state index is 15.3. The quantitative estimate of drug-likeness (QED) is 0.869. The van der Waals surface area contributed by atoms with Crippen molar-refractivity contribution < 1.29 is 13.9 Å². The Labute approximate surface area is 156 Å². The van der Waals surface area contributed by atoms with E-state index < -0.39 is 11.8 Å². The van der Waals surface area contributed by atoms with E-state index in [1.807, 2.05) is 6.92 Å². The second-order valence-electron chi connectivity index (χ2n) is 6.88. The van der Waals surface area contributed by atoms with Gasteiger partial charge in [0.05, 0.1) is 35.1 Å². The third-order valence-corrected chi connectivity index (χ3v) is 5.12. The summed E-state index contributed by atoms with van der Waals surface area (Å²) in [5.74, 6) is 0.264. The molecule has 1 aromatic carbocycles. The molecule has 1 aromatic heterocycles. The van der Waals surface area contributed by atoms with Gasteiger partial charge >= 0.3 is 0 Å². The van der Waals surface area contributed by atoms with E-state index in [4.69, 9.17) is 10.00 Å². The van der Waals surface area contributed by atoms with Crippen molar-refractivity contribution in [3.05, 3.63) is 58.4 Å². The number of rotatable bonds is 3. The summed E-state index contributed by atoms with van der Waals surface area (Å²) in [7, 11) is 0. The molecule has 2 aromatic rings. The fourth-order valence-electron chi connectivity index (χ4n) is 3.76. The molecule has 3 heterocycles. The Kier molecular flexibility index (Phi) is 4.28. The van der Waals surface area contributed by atoms with Gasteiger partial charge in [-0.05, 0) is 43.3 Å². The van der Waals surface area contributed by atoms with Gasteiger partial charge in [-0.25, -0.2) is 4.39 Å². The summed E-state index contributed by atoms with van der Waals surface area (Å²) >= 11 is 0. The number of nitrogens with one attached hydrogen (secondary N) is 2. The van der Waals surface area contributed by atoms with E-state index in [1.54, 1.807) is 30.3 Å². The predicted molar refractivity (Wildman–Crippen MR) is 96.0 cm³/mol. The van der Waals surface area contributed by atoms with E-state index in [0.717, 1.165) is 0 Å². The first-order valence-corrected chi connectivity index (χ1v) is 8.86. The standard InChI is InChI=1S/C20H19FN4O2/c1-12-7-15-16(10-24-19(15)26)25-18(12)20(5-6-23-11-17(20)21)27-14-4-2-3-13(8-14)9-22/h2-4,7-8,17,23H,5-6,10-11H2,1H3,(H,24,26)/t17-,20-/m1/s1. The average molecular weight is 366 g/mol. The van der Waals surface area contributed by atoms with Crippen LogP contribution in [0.3, 0.4) is 0 Å². The van der Waals surface area contributed by atoms with Crippen LogP contribution in [0.2, 0.25) is 0 Å². The molecule has 2 aliphatic rings. The predicted octanol–water partition coefficient (Wildman–Crippen LogP) is 2.11. The molecular formula is C20H19FN4O2. The van der Waals surface area contributed by atoms with E-state index in [2.05, 4.69) is 21.7 Å². The van der Waals surface area contributed by atoms with Gasteiger partial charge in [-0.3, -0.25) is 9.78 Å². The van der Waals surface area contributed by atoms with Gasteiger partial charge in [0.1, 0.15) is 5.75 Å². The van der Waals surface area contributed by atoms with Crippen LogP contribution in [-0.4, -0.2) is 30.2 Å². The number of alkyl halides is 1. The summed E-state index contributed by atoms with van der Waals surface area (Å²) in [4.78, 5) is 16.6. The van der Waals surface area contributed by atoms with Gasteiger partial charge in [0.2, 0.25) is 0 Å². The lowest BCUT2D eigenvalue weighted by atomic mass is 9.84. The minimum absolute atomic E-state index is 0.146. The summed E-state index contributed by atoms with van der Waals surface area (Å²) in [5, 5.41) is 14.9. The number of ether oxygens (including phenoxy) is 1. The topological polar surface area (TPSA) is 87.0 Å². The lowest BCUT2D eigenvalue weighted by Gasteiger charge is -2.41. The Bertz CT molecular complexity index is 955. The molecule has 1 saturated heterocycles. The summed E-state index contributed by atoms with van der Waals surface area (Å²) in [6.45, 7) is 2.87. The average Bonchev–Trinajstić information content (AvgIpc) is 3.03. The van der Waals surface area contributed by atoms with Gasteiger partial charge in [0.25, 0.3) is 5.91 Å². The number of benzene rings is 1. The Morgan fingerprint density at radius 3 is 3.04 bits per heavy atom. The first-order valence-electron chi connectivity index (χ1n) is 8.86. The fraction of sp³-hybridized carbons (Fsp3) is 0.350. The van der Waals surface area contributed by atoms with E-state index in [9.17, 15) is 4.79 Å². The fourth-order valence-corrected chi connectivity index (χ4v) is 3.76. The number of aromatic nitrogens is 1. The molecule has 7 heteroatoms. The molecule has 138 valence electrons. The molecule has 6 nitrogen and oxygen atoms in total. The van der Waals surface area contributed by atoms with Crippen LogP contribution >= 0.6 is 0 Å². The van der Waals surface area contributed by atoms with Crippen LogP contribution in [0.25, 0.3) is 0 Å². The maximum Gasteiger partial charge on any atom is 0.253 e. The smallest absolute Gasteiger partial charge is 0.253 e. The Balaban J connectivity index is 1.82. The van der Waals surface area contributed by atoms with Gasteiger partial charge in [-0.15, -0.1) is 0 Å². The van der Waals surface area contributed by atoms with Crippen LogP contribution in [0, 0.1) is 18.3 Å². The minimum Gasteiger partial charge on any atom is -0.478 e. The molecule has 1 fully saturated rings. The molecule has 0 radical (unpaired) electrons. The number of carbonyl (C=O) groups is 1. The first kappa shape index (κ1) is 17.4. The van der Waals surface area contributed by atoms with Crippen LogP contribution in [-0.2, 0) is 12.1 Å². The van der Waals surface area contributed by atoms with Crippen molar-refractivity contribution in [2.24, 2.45) is 0 Å². The Morgan fingerprint density at radius 1 is 1.41 bits per heavy atom. The van der Waals surface area contributed by atoms with Crippen molar-refractivity contribution in [3.8, 4) is 11.8 Å². The number of nitriles is 1. The van der Waals surface area contributed by atoms with E-state index in [-0.39, 0.29) is 12.5 Å². The Hall–Kier alpha value is -2.98. The summed E-state index contributed by atoms with van der Waals surface area (Å²) in [5.41, 5.74) is 1.54. The number of hydrogen-bond acceptors (Lipinski definition) is 5. The number of hydrogen-bond donors (Lipinski definition) is 2. The van der Waals surface area contributed by atoms with Crippen molar-refractivity contribution in [3.63, 3.8) is 0 Å². The number of amides is 1. The molecule has 0 aliphatic carbocycles. The molecular weight excluding hydrogens is 347 g/mol. The van der Waals surface area contributed by atoms with Crippen molar-refractivity contribution in [1.29, 1.82) is 5.26 Å². The van der Waals surface area contributed by atoms with Gasteiger partial charge in [-0.2, -0.15) is 5.26 Å². The van der Waals surface area contributed by atoms with Crippen molar-refractivity contribution in [2.75, 3.05) is 13.1 Å². The van der Waals surface area contributed by atoms with Crippen molar-refractivity contribution in [1.82, 2.24) is 15.6 Å². The van der Waals surface area contributed by atoms with Crippen LogP contribution in [0.4, 0.5) is 4.39 Å². The lowest BCUT2D eigenvalue weighted by molar-refractivity contribution is -0.0418. The van der Waals surface area contributed by atoms with E-state index >= 15 is 4.39 Å². The van der Waals surface area contributed by atoms with E-state index in [1.165, 1.54) is 0 Å². The Morgan fingerprint density at radius 2 is 2.26 bits per heavy atom.